The van der Waals surface area contributed by atoms with Gasteiger partial charge in [0, 0.05) is 45.0 Å². The molecule has 0 fully saturated rings. The predicted molar refractivity (Wildman–Crippen MR) is 432 cm³/mol. The van der Waals surface area contributed by atoms with Crippen LogP contribution in [-0.4, -0.2) is 0 Å². The summed E-state index contributed by atoms with van der Waals surface area (Å²) < 4.78 is 0. The van der Waals surface area contributed by atoms with Crippen LogP contribution in [0.15, 0.2) is 340 Å². The summed E-state index contributed by atoms with van der Waals surface area (Å²) in [6, 6.07) is 130. The molecule has 0 N–H and O–H groups in total. The minimum atomic E-state index is -0.467. The molecule has 2 spiro atoms. The highest BCUT2D eigenvalue weighted by Crippen LogP contribution is 2.66. The van der Waals surface area contributed by atoms with E-state index in [9.17, 15) is 0 Å². The molecule has 0 saturated carbocycles. The van der Waals surface area contributed by atoms with Crippen LogP contribution in [0.4, 0.5) is 34.1 Å². The summed E-state index contributed by atoms with van der Waals surface area (Å²) in [7, 11) is 0. The molecule has 0 bridgehead atoms. The molecule has 0 heterocycles. The van der Waals surface area contributed by atoms with E-state index in [0.717, 1.165) is 40.5 Å². The standard InChI is InChI=1S/C102H76N2/c1-98(2,67-43-47-69(48-44-67)104(70-49-54-82-74-26-10-17-33-86(74)99(3,4)94(82)59-70)73-52-57-85-80-32-16-23-39-92(80)102(97(85)62-73)89-36-20-13-29-77(89)78-30-14-21-37-90(78)102)63-64-40-53-81-83-55-50-71(60-95(83)100(5,6)93(81)58-64)103(68-45-41-66(42-46-68)65-24-8-7-9-25-65)72-51-56-84-79-31-15-22-38-91(79)101(96(84)61-72)87-34-18-11-27-75(87)76-28-12-19-35-88(76)101/h7-62H,63H2,1-6H3. The molecule has 0 amide bonds. The van der Waals surface area contributed by atoms with Gasteiger partial charge in [-0.25, -0.2) is 0 Å². The average Bonchev–Trinajstić information content (AvgIpc) is 1.52. The second-order valence-electron chi connectivity index (χ2n) is 31.6. The Kier molecular flexibility index (Phi) is 12.8. The van der Waals surface area contributed by atoms with Crippen molar-refractivity contribution in [2.24, 2.45) is 0 Å². The summed E-state index contributed by atoms with van der Waals surface area (Å²) in [5.74, 6) is 0. The molecular formula is C102H76N2. The van der Waals surface area contributed by atoms with Crippen molar-refractivity contribution in [3.8, 4) is 77.9 Å². The highest BCUT2D eigenvalue weighted by molar-refractivity contribution is 5.99. The van der Waals surface area contributed by atoms with Gasteiger partial charge in [-0.15, -0.1) is 0 Å². The van der Waals surface area contributed by atoms with Gasteiger partial charge >= 0.3 is 0 Å². The second-order valence-corrected chi connectivity index (χ2v) is 31.6. The van der Waals surface area contributed by atoms with Gasteiger partial charge in [-0.2, -0.15) is 0 Å². The minimum Gasteiger partial charge on any atom is -0.310 e. The van der Waals surface area contributed by atoms with E-state index in [-0.39, 0.29) is 16.2 Å². The molecule has 0 aromatic heterocycles. The maximum absolute atomic E-state index is 2.54. The van der Waals surface area contributed by atoms with Gasteiger partial charge in [0.2, 0.25) is 0 Å². The van der Waals surface area contributed by atoms with Crippen molar-refractivity contribution in [1.29, 1.82) is 0 Å². The molecule has 0 saturated heterocycles. The van der Waals surface area contributed by atoms with Crippen LogP contribution in [0.3, 0.4) is 0 Å². The first-order valence-corrected chi connectivity index (χ1v) is 37.1. The van der Waals surface area contributed by atoms with Crippen molar-refractivity contribution >= 4 is 34.1 Å². The van der Waals surface area contributed by atoms with Gasteiger partial charge in [-0.05, 0) is 240 Å². The van der Waals surface area contributed by atoms with Crippen molar-refractivity contribution in [3.05, 3.63) is 418 Å². The fourth-order valence-electron chi connectivity index (χ4n) is 20.3. The molecule has 104 heavy (non-hydrogen) atoms. The zero-order valence-corrected chi connectivity index (χ0v) is 59.4. The van der Waals surface area contributed by atoms with Crippen molar-refractivity contribution in [2.45, 2.75) is 75.0 Å². The first kappa shape index (κ1) is 60.6. The molecule has 0 atom stereocenters. The normalized spacial score (nSPS) is 15.0. The lowest BCUT2D eigenvalue weighted by molar-refractivity contribution is 0.521. The van der Waals surface area contributed by atoms with Crippen LogP contribution in [-0.2, 0) is 33.5 Å². The van der Waals surface area contributed by atoms with Crippen molar-refractivity contribution < 1.29 is 0 Å². The average molecular weight is 1330 g/mol. The van der Waals surface area contributed by atoms with E-state index >= 15 is 0 Å². The van der Waals surface area contributed by atoms with Crippen LogP contribution < -0.4 is 9.80 Å². The minimum absolute atomic E-state index is 0.168. The van der Waals surface area contributed by atoms with Crippen molar-refractivity contribution in [3.63, 3.8) is 0 Å². The van der Waals surface area contributed by atoms with Gasteiger partial charge in [-0.1, -0.05) is 308 Å². The monoisotopic (exact) mass is 1330 g/mol. The third-order valence-electron chi connectivity index (χ3n) is 25.1. The molecule has 0 aliphatic heterocycles. The van der Waals surface area contributed by atoms with E-state index in [1.807, 2.05) is 0 Å². The van der Waals surface area contributed by atoms with Crippen LogP contribution >= 0.6 is 0 Å². The van der Waals surface area contributed by atoms with E-state index < -0.39 is 10.8 Å². The molecule has 0 unspecified atom stereocenters. The Morgan fingerprint density at radius 3 is 0.865 bits per heavy atom. The summed E-state index contributed by atoms with van der Waals surface area (Å²) in [5, 5.41) is 0. The third-order valence-corrected chi connectivity index (χ3v) is 25.1. The molecule has 21 rings (SSSR count). The maximum Gasteiger partial charge on any atom is 0.0726 e. The molecule has 15 aromatic rings. The van der Waals surface area contributed by atoms with E-state index in [1.54, 1.807) is 0 Å². The Hall–Kier alpha value is -12.1. The second kappa shape index (κ2) is 22.0. The smallest absolute Gasteiger partial charge is 0.0726 e. The number of fused-ring (bicyclic) bond motifs is 26. The van der Waals surface area contributed by atoms with E-state index in [0.29, 0.717) is 0 Å². The number of rotatable bonds is 10. The summed E-state index contributed by atoms with van der Waals surface area (Å²) in [6.07, 6.45) is 0.878. The largest absolute Gasteiger partial charge is 0.310 e. The first-order chi connectivity index (χ1) is 50.8. The first-order valence-electron chi connectivity index (χ1n) is 37.1. The summed E-state index contributed by atoms with van der Waals surface area (Å²) >= 11 is 0. The lowest BCUT2D eigenvalue weighted by atomic mass is 9.70. The third kappa shape index (κ3) is 8.28. The molecule has 15 aromatic carbocycles. The molecule has 0 radical (unpaired) electrons. The highest BCUT2D eigenvalue weighted by Gasteiger charge is 2.54. The van der Waals surface area contributed by atoms with Gasteiger partial charge in [0.25, 0.3) is 0 Å². The predicted octanol–water partition coefficient (Wildman–Crippen LogP) is 26.1. The Morgan fingerprint density at radius 2 is 0.481 bits per heavy atom. The highest BCUT2D eigenvalue weighted by atomic mass is 15.1. The number of anilines is 6. The zero-order chi connectivity index (χ0) is 69.6. The van der Waals surface area contributed by atoms with Crippen LogP contribution in [0.5, 0.6) is 0 Å². The van der Waals surface area contributed by atoms with Gasteiger partial charge < -0.3 is 9.80 Å². The lowest BCUT2D eigenvalue weighted by Gasteiger charge is -2.33. The number of nitrogens with zero attached hydrogens (tertiary/aromatic N) is 2. The molecule has 6 aliphatic rings. The van der Waals surface area contributed by atoms with Gasteiger partial charge in [0.1, 0.15) is 0 Å². The fraction of sp³-hybridized carbons (Fsp3) is 0.118. The van der Waals surface area contributed by atoms with Gasteiger partial charge in [0.15, 0.2) is 0 Å². The van der Waals surface area contributed by atoms with Crippen LogP contribution in [0.2, 0.25) is 0 Å². The Balaban J connectivity index is 0.636. The molecular weight excluding hydrogens is 1250 g/mol. The van der Waals surface area contributed by atoms with E-state index in [4.69, 9.17) is 0 Å². The quantitative estimate of drug-likeness (QED) is 0.135. The lowest BCUT2D eigenvalue weighted by Crippen LogP contribution is -2.26. The summed E-state index contributed by atoms with van der Waals surface area (Å²) in [4.78, 5) is 5.04. The number of benzene rings is 15. The van der Waals surface area contributed by atoms with E-state index in [1.165, 1.54) is 156 Å². The number of hydrogen-bond acceptors (Lipinski definition) is 2. The van der Waals surface area contributed by atoms with Gasteiger partial charge in [0.05, 0.1) is 10.8 Å². The summed E-state index contributed by atoms with van der Waals surface area (Å²) in [6.45, 7) is 14.5. The Bertz CT molecular complexity index is 5990. The van der Waals surface area contributed by atoms with Crippen LogP contribution in [0.1, 0.15) is 119 Å². The Morgan fingerprint density at radius 1 is 0.221 bits per heavy atom. The maximum atomic E-state index is 2.54. The fourth-order valence-corrected chi connectivity index (χ4v) is 20.3. The van der Waals surface area contributed by atoms with E-state index in [2.05, 4.69) is 391 Å². The zero-order valence-electron chi connectivity index (χ0n) is 59.4. The molecule has 2 nitrogen and oxygen atoms in total. The van der Waals surface area contributed by atoms with Crippen LogP contribution in [0.25, 0.3) is 77.9 Å². The van der Waals surface area contributed by atoms with Crippen molar-refractivity contribution in [2.75, 3.05) is 9.80 Å². The molecule has 2 heteroatoms. The summed E-state index contributed by atoms with van der Waals surface area (Å²) in [5.41, 5.74) is 42.2. The molecule has 6 aliphatic carbocycles. The van der Waals surface area contributed by atoms with Crippen molar-refractivity contribution in [1.82, 2.24) is 0 Å². The topological polar surface area (TPSA) is 6.48 Å². The van der Waals surface area contributed by atoms with Crippen LogP contribution in [0, 0.1) is 0 Å². The van der Waals surface area contributed by atoms with Gasteiger partial charge in [-0.3, -0.25) is 0 Å². The SMILES string of the molecule is CC(C)(Cc1ccc2c(c1)C(C)(C)c1cc(N(c3ccc(-c4ccccc4)cc3)c3ccc4c(c3)C3(c5ccccc5-c5ccccc53)c3ccccc3-4)ccc1-2)c1ccc(N(c2ccc3c(c2)C(C)(C)c2ccccc2-3)c2ccc3c(c2)C2(c4ccccc4-c4ccccc42)c2ccccc2-3)cc1. The Labute approximate surface area is 610 Å². The number of hydrogen-bond donors (Lipinski definition) is 0. The molecule has 494 valence electrons.